The van der Waals surface area contributed by atoms with Gasteiger partial charge in [0.1, 0.15) is 12.4 Å². The molecular weight excluding hydrogens is 393 g/mol. The van der Waals surface area contributed by atoms with Gasteiger partial charge in [0.05, 0.1) is 23.5 Å². The molecule has 0 bridgehead atoms. The number of nitrogens with zero attached hydrogens (tertiary/aromatic N) is 2. The van der Waals surface area contributed by atoms with E-state index in [0.717, 1.165) is 12.0 Å². The Bertz CT molecular complexity index is 1140. The maximum absolute atomic E-state index is 13.1. The molecule has 2 amide bonds. The average molecular weight is 415 g/mol. The lowest BCUT2D eigenvalue weighted by Crippen LogP contribution is -2.38. The Morgan fingerprint density at radius 2 is 1.74 bits per heavy atom. The molecule has 156 valence electrons. The summed E-state index contributed by atoms with van der Waals surface area (Å²) in [6.45, 7) is 1.93. The molecule has 4 rings (SSSR count). The fourth-order valence-corrected chi connectivity index (χ4v) is 3.50. The van der Waals surface area contributed by atoms with E-state index in [4.69, 9.17) is 4.99 Å². The summed E-state index contributed by atoms with van der Waals surface area (Å²) >= 11 is 0. The second-order valence-corrected chi connectivity index (χ2v) is 7.31. The second kappa shape index (κ2) is 8.92. The molecule has 0 fully saturated rings. The van der Waals surface area contributed by atoms with Gasteiger partial charge in [-0.2, -0.15) is 0 Å². The van der Waals surface area contributed by atoms with Gasteiger partial charge in [-0.1, -0.05) is 43.3 Å². The molecule has 0 aliphatic carbocycles. The Hall–Kier alpha value is -3.80. The van der Waals surface area contributed by atoms with Crippen molar-refractivity contribution < 1.29 is 14.0 Å². The predicted molar refractivity (Wildman–Crippen MR) is 120 cm³/mol. The number of hydrogen-bond donors (Lipinski definition) is 1. The van der Waals surface area contributed by atoms with Gasteiger partial charge < -0.3 is 10.2 Å². The van der Waals surface area contributed by atoms with Crippen LogP contribution in [0.1, 0.15) is 24.5 Å². The molecule has 31 heavy (non-hydrogen) atoms. The number of hydrogen-bond acceptors (Lipinski definition) is 3. The Balaban J connectivity index is 1.59. The van der Waals surface area contributed by atoms with Crippen molar-refractivity contribution in [3.8, 4) is 0 Å². The maximum Gasteiger partial charge on any atom is 0.244 e. The van der Waals surface area contributed by atoms with E-state index in [2.05, 4.69) is 12.2 Å². The van der Waals surface area contributed by atoms with Crippen molar-refractivity contribution in [2.45, 2.75) is 19.8 Å². The first-order chi connectivity index (χ1) is 15.0. The average Bonchev–Trinajstić information content (AvgIpc) is 2.92. The normalized spacial score (nSPS) is 13.3. The fourth-order valence-electron chi connectivity index (χ4n) is 3.50. The predicted octanol–water partition coefficient (Wildman–Crippen LogP) is 4.88. The number of aryl methyl sites for hydroxylation is 1. The molecule has 0 atom stereocenters. The van der Waals surface area contributed by atoms with Crippen molar-refractivity contribution in [2.75, 3.05) is 16.8 Å². The summed E-state index contributed by atoms with van der Waals surface area (Å²) < 4.78 is 13.1. The number of aliphatic imine (C=N–C) groups is 1. The Kier molecular flexibility index (Phi) is 5.89. The van der Waals surface area contributed by atoms with Gasteiger partial charge >= 0.3 is 0 Å². The highest BCUT2D eigenvalue weighted by atomic mass is 19.1. The zero-order valence-electron chi connectivity index (χ0n) is 17.1. The van der Waals surface area contributed by atoms with Crippen LogP contribution >= 0.6 is 0 Å². The molecule has 0 aromatic heterocycles. The summed E-state index contributed by atoms with van der Waals surface area (Å²) in [6, 6.07) is 20.8. The number of nitrogens with one attached hydrogen (secondary N) is 1. The van der Waals surface area contributed by atoms with Gasteiger partial charge in [-0.15, -0.1) is 0 Å². The standard InChI is InChI=1S/C25H22FN3O2/c1-2-17-7-9-18(10-8-17)22-15-25(31)29(23-6-4-3-5-21(23)28-22)16-24(30)27-20-13-11-19(26)12-14-20/h3-14H,2,15-16H2,1H3,(H,27,30). The SMILES string of the molecule is CCc1ccc(C2=Nc3ccccc3N(CC(=O)Nc3ccc(F)cc3)C(=O)C2)cc1. The summed E-state index contributed by atoms with van der Waals surface area (Å²) in [5, 5.41) is 2.71. The molecule has 1 N–H and O–H groups in total. The van der Waals surface area contributed by atoms with Crippen LogP contribution in [0.5, 0.6) is 0 Å². The minimum absolute atomic E-state index is 0.0873. The molecular formula is C25H22FN3O2. The molecule has 0 saturated carbocycles. The van der Waals surface area contributed by atoms with Crippen LogP contribution in [0, 0.1) is 5.82 Å². The molecule has 0 spiro atoms. The molecule has 0 radical (unpaired) electrons. The summed E-state index contributed by atoms with van der Waals surface area (Å²) in [5.74, 6) is -0.964. The van der Waals surface area contributed by atoms with Gasteiger partial charge in [0.25, 0.3) is 0 Å². The number of carbonyl (C=O) groups is 2. The molecule has 0 unspecified atom stereocenters. The number of amides is 2. The van der Waals surface area contributed by atoms with E-state index in [9.17, 15) is 14.0 Å². The number of carbonyl (C=O) groups excluding carboxylic acids is 2. The second-order valence-electron chi connectivity index (χ2n) is 7.31. The van der Waals surface area contributed by atoms with Crippen molar-refractivity contribution in [1.82, 2.24) is 0 Å². The molecule has 5 nitrogen and oxygen atoms in total. The van der Waals surface area contributed by atoms with Crippen LogP contribution < -0.4 is 10.2 Å². The van der Waals surface area contributed by atoms with Crippen molar-refractivity contribution in [3.05, 3.63) is 89.7 Å². The van der Waals surface area contributed by atoms with Gasteiger partial charge in [-0.25, -0.2) is 4.39 Å². The zero-order chi connectivity index (χ0) is 21.8. The molecule has 1 aliphatic rings. The Morgan fingerprint density at radius 3 is 2.45 bits per heavy atom. The molecule has 3 aromatic carbocycles. The van der Waals surface area contributed by atoms with E-state index in [1.54, 1.807) is 6.07 Å². The van der Waals surface area contributed by atoms with E-state index in [0.29, 0.717) is 22.8 Å². The molecule has 0 saturated heterocycles. The van der Waals surface area contributed by atoms with Gasteiger partial charge in [-0.3, -0.25) is 14.6 Å². The van der Waals surface area contributed by atoms with Crippen molar-refractivity contribution in [3.63, 3.8) is 0 Å². The molecule has 1 aliphatic heterocycles. The highest BCUT2D eigenvalue weighted by Crippen LogP contribution is 2.33. The number of anilines is 2. The summed E-state index contributed by atoms with van der Waals surface area (Å²) in [7, 11) is 0. The quantitative estimate of drug-likeness (QED) is 0.645. The number of benzene rings is 3. The van der Waals surface area contributed by atoms with Crippen LogP contribution in [0.2, 0.25) is 0 Å². The lowest BCUT2D eigenvalue weighted by atomic mass is 10.0. The lowest BCUT2D eigenvalue weighted by Gasteiger charge is -2.22. The summed E-state index contributed by atoms with van der Waals surface area (Å²) in [5.41, 5.74) is 4.46. The first-order valence-corrected chi connectivity index (χ1v) is 10.1. The summed E-state index contributed by atoms with van der Waals surface area (Å²) in [4.78, 5) is 31.9. The van der Waals surface area contributed by atoms with Gasteiger partial charge in [0.15, 0.2) is 0 Å². The van der Waals surface area contributed by atoms with Crippen LogP contribution in [0.4, 0.5) is 21.5 Å². The van der Waals surface area contributed by atoms with Crippen LogP contribution in [-0.2, 0) is 16.0 Å². The number of rotatable bonds is 5. The monoisotopic (exact) mass is 415 g/mol. The smallest absolute Gasteiger partial charge is 0.244 e. The number of halogens is 1. The zero-order valence-corrected chi connectivity index (χ0v) is 17.1. The van der Waals surface area contributed by atoms with Gasteiger partial charge in [0, 0.05) is 5.69 Å². The first kappa shape index (κ1) is 20.5. The summed E-state index contributed by atoms with van der Waals surface area (Å²) in [6.07, 6.45) is 1.02. The first-order valence-electron chi connectivity index (χ1n) is 10.1. The van der Waals surface area contributed by atoms with Gasteiger partial charge in [0.2, 0.25) is 11.8 Å². The van der Waals surface area contributed by atoms with E-state index < -0.39 is 0 Å². The van der Waals surface area contributed by atoms with E-state index in [1.807, 2.05) is 42.5 Å². The third-order valence-corrected chi connectivity index (χ3v) is 5.17. The van der Waals surface area contributed by atoms with Gasteiger partial charge in [-0.05, 0) is 53.9 Å². The Morgan fingerprint density at radius 1 is 1.03 bits per heavy atom. The van der Waals surface area contributed by atoms with Crippen molar-refractivity contribution in [2.24, 2.45) is 4.99 Å². The molecule has 1 heterocycles. The number of fused-ring (bicyclic) bond motifs is 1. The molecule has 6 heteroatoms. The van der Waals surface area contributed by atoms with Crippen molar-refractivity contribution >= 4 is 34.6 Å². The third-order valence-electron chi connectivity index (χ3n) is 5.17. The van der Waals surface area contributed by atoms with E-state index >= 15 is 0 Å². The highest BCUT2D eigenvalue weighted by Gasteiger charge is 2.26. The van der Waals surface area contributed by atoms with Crippen LogP contribution in [0.25, 0.3) is 0 Å². The van der Waals surface area contributed by atoms with E-state index in [-0.39, 0.29) is 30.6 Å². The van der Waals surface area contributed by atoms with E-state index in [1.165, 1.54) is 34.7 Å². The highest BCUT2D eigenvalue weighted by molar-refractivity contribution is 6.19. The minimum atomic E-state index is -0.383. The maximum atomic E-state index is 13.1. The largest absolute Gasteiger partial charge is 0.325 e. The van der Waals surface area contributed by atoms with Crippen molar-refractivity contribution in [1.29, 1.82) is 0 Å². The Labute approximate surface area is 180 Å². The molecule has 3 aromatic rings. The van der Waals surface area contributed by atoms with Crippen LogP contribution in [0.15, 0.2) is 77.8 Å². The minimum Gasteiger partial charge on any atom is -0.325 e. The van der Waals surface area contributed by atoms with Crippen LogP contribution in [-0.4, -0.2) is 24.1 Å². The third kappa shape index (κ3) is 4.69. The number of para-hydroxylation sites is 2. The van der Waals surface area contributed by atoms with Crippen LogP contribution in [0.3, 0.4) is 0 Å². The lowest BCUT2D eigenvalue weighted by molar-refractivity contribution is -0.120. The fraction of sp³-hybridized carbons (Fsp3) is 0.160. The topological polar surface area (TPSA) is 61.8 Å².